The average molecular weight is 242 g/mol. The number of nitrogens with one attached hydrogen (secondary N) is 1. The molecule has 0 aliphatic carbocycles. The van der Waals surface area contributed by atoms with Crippen LogP contribution in [0, 0.1) is 0 Å². The van der Waals surface area contributed by atoms with Crippen LogP contribution in [-0.2, 0) is 11.3 Å². The van der Waals surface area contributed by atoms with Gasteiger partial charge in [-0.1, -0.05) is 11.3 Å². The minimum atomic E-state index is 0.443. The van der Waals surface area contributed by atoms with Crippen molar-refractivity contribution in [2.24, 2.45) is 0 Å². The fourth-order valence-electron chi connectivity index (χ4n) is 1.91. The first-order valence-corrected chi connectivity index (χ1v) is 6.38. The van der Waals surface area contributed by atoms with Gasteiger partial charge in [0.1, 0.15) is 5.01 Å². The van der Waals surface area contributed by atoms with E-state index in [2.05, 4.69) is 20.4 Å². The molecule has 0 unspecified atom stereocenters. The third kappa shape index (κ3) is 2.90. The predicted octanol–water partition coefficient (Wildman–Crippen LogP) is 1.19. The number of methoxy groups -OCH3 is 1. The number of likely N-dealkylation sites (tertiary alicyclic amines) is 1. The third-order valence-electron chi connectivity index (χ3n) is 2.91. The maximum Gasteiger partial charge on any atom is 0.205 e. The summed E-state index contributed by atoms with van der Waals surface area (Å²) in [5.74, 6) is 0. The van der Waals surface area contributed by atoms with Gasteiger partial charge in [0.2, 0.25) is 5.13 Å². The summed E-state index contributed by atoms with van der Waals surface area (Å²) in [7, 11) is 3.67. The van der Waals surface area contributed by atoms with E-state index in [9.17, 15) is 0 Å². The highest BCUT2D eigenvalue weighted by atomic mass is 32.1. The molecule has 5 nitrogen and oxygen atoms in total. The molecule has 1 aromatic heterocycles. The Hall–Kier alpha value is -0.720. The molecule has 0 atom stereocenters. The molecule has 1 N–H and O–H groups in total. The second kappa shape index (κ2) is 5.56. The lowest BCUT2D eigenvalue weighted by Crippen LogP contribution is -2.36. The van der Waals surface area contributed by atoms with E-state index < -0.39 is 0 Å². The van der Waals surface area contributed by atoms with Crippen molar-refractivity contribution in [2.75, 3.05) is 32.6 Å². The molecule has 0 amide bonds. The lowest BCUT2D eigenvalue weighted by Gasteiger charge is -2.30. The van der Waals surface area contributed by atoms with Crippen molar-refractivity contribution in [1.29, 1.82) is 0 Å². The Morgan fingerprint density at radius 1 is 1.44 bits per heavy atom. The summed E-state index contributed by atoms with van der Waals surface area (Å²) >= 11 is 1.63. The normalized spacial score (nSPS) is 18.9. The number of rotatable bonds is 4. The van der Waals surface area contributed by atoms with E-state index in [4.69, 9.17) is 4.74 Å². The van der Waals surface area contributed by atoms with Gasteiger partial charge in [-0.25, -0.2) is 0 Å². The van der Waals surface area contributed by atoms with E-state index in [0.29, 0.717) is 6.10 Å². The van der Waals surface area contributed by atoms with Gasteiger partial charge in [-0.3, -0.25) is 4.90 Å². The molecule has 0 aromatic carbocycles. The number of piperidine rings is 1. The number of ether oxygens (including phenoxy) is 1. The second-order valence-corrected chi connectivity index (χ2v) is 5.02. The van der Waals surface area contributed by atoms with Crippen LogP contribution in [0.3, 0.4) is 0 Å². The Bertz CT molecular complexity index is 322. The van der Waals surface area contributed by atoms with Gasteiger partial charge in [0.25, 0.3) is 0 Å². The SMILES string of the molecule is CNc1nnc(CN2CCC(OC)CC2)s1. The van der Waals surface area contributed by atoms with Crippen molar-refractivity contribution in [2.45, 2.75) is 25.5 Å². The van der Waals surface area contributed by atoms with Gasteiger partial charge in [0.15, 0.2) is 0 Å². The van der Waals surface area contributed by atoms with Crippen LogP contribution in [0.2, 0.25) is 0 Å². The Morgan fingerprint density at radius 3 is 2.75 bits per heavy atom. The highest BCUT2D eigenvalue weighted by Crippen LogP contribution is 2.19. The van der Waals surface area contributed by atoms with E-state index in [1.807, 2.05) is 7.05 Å². The first-order chi connectivity index (χ1) is 7.81. The molecule has 0 bridgehead atoms. The highest BCUT2D eigenvalue weighted by molar-refractivity contribution is 7.15. The number of anilines is 1. The number of nitrogens with zero attached hydrogens (tertiary/aromatic N) is 3. The second-order valence-electron chi connectivity index (χ2n) is 3.96. The van der Waals surface area contributed by atoms with Crippen LogP contribution in [0.15, 0.2) is 0 Å². The van der Waals surface area contributed by atoms with E-state index in [1.165, 1.54) is 0 Å². The summed E-state index contributed by atoms with van der Waals surface area (Å²) < 4.78 is 5.35. The predicted molar refractivity (Wildman–Crippen MR) is 64.8 cm³/mol. The van der Waals surface area contributed by atoms with E-state index in [-0.39, 0.29) is 0 Å². The molecule has 1 aliphatic heterocycles. The Kier molecular flexibility index (Phi) is 4.09. The molecule has 0 spiro atoms. The molecule has 1 fully saturated rings. The van der Waals surface area contributed by atoms with Crippen molar-refractivity contribution in [1.82, 2.24) is 15.1 Å². The maximum atomic E-state index is 5.35. The van der Waals surface area contributed by atoms with Crippen LogP contribution < -0.4 is 5.32 Å². The number of hydrogen-bond donors (Lipinski definition) is 1. The van der Waals surface area contributed by atoms with Crippen molar-refractivity contribution in [3.8, 4) is 0 Å². The molecule has 1 aromatic rings. The summed E-state index contributed by atoms with van der Waals surface area (Å²) in [5.41, 5.74) is 0. The minimum Gasteiger partial charge on any atom is -0.381 e. The molecule has 1 saturated heterocycles. The van der Waals surface area contributed by atoms with Crippen LogP contribution in [0.4, 0.5) is 5.13 Å². The van der Waals surface area contributed by atoms with Crippen LogP contribution in [0.5, 0.6) is 0 Å². The topological polar surface area (TPSA) is 50.3 Å². The van der Waals surface area contributed by atoms with Crippen LogP contribution in [-0.4, -0.2) is 48.4 Å². The van der Waals surface area contributed by atoms with Gasteiger partial charge in [-0.15, -0.1) is 10.2 Å². The first-order valence-electron chi connectivity index (χ1n) is 5.57. The molecule has 0 radical (unpaired) electrons. The molecule has 6 heteroatoms. The van der Waals surface area contributed by atoms with Crippen LogP contribution >= 0.6 is 11.3 Å². The van der Waals surface area contributed by atoms with Crippen molar-refractivity contribution < 1.29 is 4.74 Å². The van der Waals surface area contributed by atoms with Gasteiger partial charge in [0, 0.05) is 27.2 Å². The standard InChI is InChI=1S/C10H18N4OS/c1-11-10-13-12-9(16-10)7-14-5-3-8(15-2)4-6-14/h8H,3-7H2,1-2H3,(H,11,13). The van der Waals surface area contributed by atoms with E-state index in [1.54, 1.807) is 18.4 Å². The Balaban J connectivity index is 1.82. The lowest BCUT2D eigenvalue weighted by molar-refractivity contribution is 0.0388. The summed E-state index contributed by atoms with van der Waals surface area (Å²) in [6.45, 7) is 3.09. The van der Waals surface area contributed by atoms with E-state index >= 15 is 0 Å². The summed E-state index contributed by atoms with van der Waals surface area (Å²) in [4.78, 5) is 2.41. The average Bonchev–Trinajstić information content (AvgIpc) is 2.78. The maximum absolute atomic E-state index is 5.35. The van der Waals surface area contributed by atoms with Crippen molar-refractivity contribution in [3.63, 3.8) is 0 Å². The molecule has 0 saturated carbocycles. The summed E-state index contributed by atoms with van der Waals surface area (Å²) in [6, 6.07) is 0. The molecule has 16 heavy (non-hydrogen) atoms. The number of aromatic nitrogens is 2. The summed E-state index contributed by atoms with van der Waals surface area (Å²) in [6.07, 6.45) is 2.68. The molecule has 90 valence electrons. The third-order valence-corrected chi connectivity index (χ3v) is 3.83. The highest BCUT2D eigenvalue weighted by Gasteiger charge is 2.19. The fraction of sp³-hybridized carbons (Fsp3) is 0.800. The van der Waals surface area contributed by atoms with Crippen LogP contribution in [0.1, 0.15) is 17.8 Å². The zero-order valence-electron chi connectivity index (χ0n) is 9.77. The molecule has 2 heterocycles. The molecule has 1 aliphatic rings. The fourth-order valence-corrected chi connectivity index (χ4v) is 2.65. The zero-order chi connectivity index (χ0) is 11.4. The minimum absolute atomic E-state index is 0.443. The number of hydrogen-bond acceptors (Lipinski definition) is 6. The first kappa shape index (κ1) is 11.8. The van der Waals surface area contributed by atoms with E-state index in [0.717, 1.165) is 42.6 Å². The molecule has 2 rings (SSSR count). The largest absolute Gasteiger partial charge is 0.381 e. The van der Waals surface area contributed by atoms with Crippen molar-refractivity contribution >= 4 is 16.5 Å². The molecular formula is C10H18N4OS. The zero-order valence-corrected chi connectivity index (χ0v) is 10.6. The van der Waals surface area contributed by atoms with Gasteiger partial charge >= 0.3 is 0 Å². The summed E-state index contributed by atoms with van der Waals surface area (Å²) in [5, 5.41) is 13.2. The lowest BCUT2D eigenvalue weighted by atomic mass is 10.1. The van der Waals surface area contributed by atoms with Crippen molar-refractivity contribution in [3.05, 3.63) is 5.01 Å². The molecular weight excluding hydrogens is 224 g/mol. The Labute approximate surface area is 99.8 Å². The smallest absolute Gasteiger partial charge is 0.205 e. The van der Waals surface area contributed by atoms with Gasteiger partial charge in [-0.2, -0.15) is 0 Å². The monoisotopic (exact) mass is 242 g/mol. The van der Waals surface area contributed by atoms with Crippen LogP contribution in [0.25, 0.3) is 0 Å². The van der Waals surface area contributed by atoms with Gasteiger partial charge in [0.05, 0.1) is 12.6 Å². The quantitative estimate of drug-likeness (QED) is 0.859. The van der Waals surface area contributed by atoms with Gasteiger partial charge < -0.3 is 10.1 Å². The van der Waals surface area contributed by atoms with Gasteiger partial charge in [-0.05, 0) is 12.8 Å². The Morgan fingerprint density at radius 2 is 2.19 bits per heavy atom.